The molecule has 1 aliphatic rings. The molecule has 0 unspecified atom stereocenters. The second kappa shape index (κ2) is 9.97. The summed E-state index contributed by atoms with van der Waals surface area (Å²) in [6, 6.07) is 12.9. The summed E-state index contributed by atoms with van der Waals surface area (Å²) in [6.45, 7) is 2.68. The van der Waals surface area contributed by atoms with Gasteiger partial charge in [-0.2, -0.15) is 0 Å². The number of halogens is 2. The minimum absolute atomic E-state index is 0.0598. The first-order valence-corrected chi connectivity index (χ1v) is 11.1. The Labute approximate surface area is 188 Å². The zero-order valence-electron chi connectivity index (χ0n) is 17.2. The van der Waals surface area contributed by atoms with Gasteiger partial charge in [-0.1, -0.05) is 30.3 Å². The van der Waals surface area contributed by atoms with Gasteiger partial charge in [0.1, 0.15) is 17.3 Å². The van der Waals surface area contributed by atoms with Gasteiger partial charge in [0.2, 0.25) is 0 Å². The van der Waals surface area contributed by atoms with Crippen molar-refractivity contribution in [2.24, 2.45) is 0 Å². The van der Waals surface area contributed by atoms with Crippen molar-refractivity contribution in [3.63, 3.8) is 0 Å². The molecular weight excluding hydrogens is 434 g/mol. The summed E-state index contributed by atoms with van der Waals surface area (Å²) in [4.78, 5) is 31.2. The van der Waals surface area contributed by atoms with E-state index in [2.05, 4.69) is 32.7 Å². The van der Waals surface area contributed by atoms with Gasteiger partial charge >= 0.3 is 0 Å². The molecular formula is C23H22F2N4O2S. The Morgan fingerprint density at radius 3 is 2.41 bits per heavy atom. The molecule has 0 radical (unpaired) electrons. The van der Waals surface area contributed by atoms with Crippen LogP contribution in [0.15, 0.2) is 53.9 Å². The van der Waals surface area contributed by atoms with Gasteiger partial charge in [0.25, 0.3) is 11.8 Å². The number of hydrogen-bond acceptors (Lipinski definition) is 5. The highest BCUT2D eigenvalue weighted by Gasteiger charge is 2.22. The number of carbonyl (C=O) groups excluding carboxylic acids is 2. The molecule has 32 heavy (non-hydrogen) atoms. The SMILES string of the molecule is O=C(Nc1nc(C(=O)NC2CCN(Cc3ccccc3)CC2)cs1)c1cc(F)cc(F)c1. The lowest BCUT2D eigenvalue weighted by molar-refractivity contribution is 0.0903. The molecule has 9 heteroatoms. The standard InChI is InChI=1S/C23H22F2N4O2S/c24-17-10-16(11-18(25)12-17)21(30)28-23-27-20(14-32-23)22(31)26-19-6-8-29(9-7-19)13-15-4-2-1-3-5-15/h1-5,10-12,14,19H,6-9,13H2,(H,26,31)(H,27,28,30). The van der Waals surface area contributed by atoms with Gasteiger partial charge in [-0.05, 0) is 30.5 Å². The number of hydrogen-bond donors (Lipinski definition) is 2. The molecule has 2 amide bonds. The Hall–Kier alpha value is -3.17. The van der Waals surface area contributed by atoms with Gasteiger partial charge in [-0.3, -0.25) is 19.8 Å². The molecule has 2 N–H and O–H groups in total. The molecule has 6 nitrogen and oxygen atoms in total. The first-order chi connectivity index (χ1) is 15.5. The number of thiazole rings is 1. The predicted molar refractivity (Wildman–Crippen MR) is 119 cm³/mol. The van der Waals surface area contributed by atoms with Crippen LogP contribution >= 0.6 is 11.3 Å². The normalized spacial score (nSPS) is 14.8. The molecule has 0 bridgehead atoms. The van der Waals surface area contributed by atoms with Crippen LogP contribution in [-0.4, -0.2) is 40.8 Å². The topological polar surface area (TPSA) is 74.3 Å². The van der Waals surface area contributed by atoms with Crippen molar-refractivity contribution in [1.82, 2.24) is 15.2 Å². The number of aromatic nitrogens is 1. The second-order valence-electron chi connectivity index (χ2n) is 7.66. The summed E-state index contributed by atoms with van der Waals surface area (Å²) < 4.78 is 26.6. The molecule has 2 heterocycles. The average molecular weight is 457 g/mol. The lowest BCUT2D eigenvalue weighted by atomic mass is 10.0. The largest absolute Gasteiger partial charge is 0.348 e. The van der Waals surface area contributed by atoms with E-state index < -0.39 is 17.5 Å². The minimum atomic E-state index is -0.843. The van der Waals surface area contributed by atoms with Crippen molar-refractivity contribution in [1.29, 1.82) is 0 Å². The van der Waals surface area contributed by atoms with E-state index in [1.807, 2.05) is 18.2 Å². The van der Waals surface area contributed by atoms with Crippen LogP contribution in [0.25, 0.3) is 0 Å². The fraction of sp³-hybridized carbons (Fsp3) is 0.261. The highest BCUT2D eigenvalue weighted by molar-refractivity contribution is 7.14. The van der Waals surface area contributed by atoms with Gasteiger partial charge in [-0.15, -0.1) is 11.3 Å². The van der Waals surface area contributed by atoms with Crippen molar-refractivity contribution in [2.45, 2.75) is 25.4 Å². The molecule has 4 rings (SSSR count). The van der Waals surface area contributed by atoms with E-state index in [4.69, 9.17) is 0 Å². The van der Waals surface area contributed by atoms with Crippen LogP contribution in [0.4, 0.5) is 13.9 Å². The van der Waals surface area contributed by atoms with Crippen molar-refractivity contribution in [3.05, 3.63) is 82.4 Å². The van der Waals surface area contributed by atoms with Gasteiger partial charge in [0.05, 0.1) is 0 Å². The molecule has 1 aromatic heterocycles. The van der Waals surface area contributed by atoms with E-state index in [1.165, 1.54) is 5.56 Å². The van der Waals surface area contributed by atoms with Crippen LogP contribution < -0.4 is 10.6 Å². The maximum atomic E-state index is 13.3. The van der Waals surface area contributed by atoms with E-state index in [1.54, 1.807) is 5.38 Å². The monoisotopic (exact) mass is 456 g/mol. The van der Waals surface area contributed by atoms with Crippen LogP contribution in [0.3, 0.4) is 0 Å². The number of rotatable bonds is 6. The summed E-state index contributed by atoms with van der Waals surface area (Å²) in [5.41, 5.74) is 1.31. The number of nitrogens with one attached hydrogen (secondary N) is 2. The van der Waals surface area contributed by atoms with Crippen molar-refractivity contribution in [3.8, 4) is 0 Å². The Bertz CT molecular complexity index is 1080. The van der Waals surface area contributed by atoms with E-state index in [9.17, 15) is 18.4 Å². The fourth-order valence-corrected chi connectivity index (χ4v) is 4.31. The Kier molecular flexibility index (Phi) is 6.87. The third-order valence-corrected chi connectivity index (χ3v) is 6.01. The van der Waals surface area contributed by atoms with Crippen molar-refractivity contribution >= 4 is 28.3 Å². The molecule has 0 spiro atoms. The van der Waals surface area contributed by atoms with Crippen LogP contribution in [0.2, 0.25) is 0 Å². The summed E-state index contributed by atoms with van der Waals surface area (Å²) in [5.74, 6) is -2.69. The predicted octanol–water partition coefficient (Wildman–Crippen LogP) is 4.07. The second-order valence-corrected chi connectivity index (χ2v) is 8.52. The average Bonchev–Trinajstić information content (AvgIpc) is 3.24. The quantitative estimate of drug-likeness (QED) is 0.587. The molecule has 1 fully saturated rings. The number of anilines is 1. The van der Waals surface area contributed by atoms with Gasteiger partial charge in [0, 0.05) is 42.7 Å². The first kappa shape index (κ1) is 22.0. The third kappa shape index (κ3) is 5.74. The van der Waals surface area contributed by atoms with E-state index >= 15 is 0 Å². The highest BCUT2D eigenvalue weighted by Crippen LogP contribution is 2.19. The summed E-state index contributed by atoms with van der Waals surface area (Å²) in [5, 5.41) is 7.19. The Balaban J connectivity index is 1.27. The maximum absolute atomic E-state index is 13.3. The fourth-order valence-electron chi connectivity index (χ4n) is 3.63. The lowest BCUT2D eigenvalue weighted by Crippen LogP contribution is -2.44. The number of benzene rings is 2. The molecule has 0 aliphatic carbocycles. The van der Waals surface area contributed by atoms with Crippen LogP contribution in [-0.2, 0) is 6.54 Å². The molecule has 3 aromatic rings. The van der Waals surface area contributed by atoms with Gasteiger partial charge < -0.3 is 5.32 Å². The summed E-state index contributed by atoms with van der Waals surface area (Å²) in [6.07, 6.45) is 1.69. The lowest BCUT2D eigenvalue weighted by Gasteiger charge is -2.32. The molecule has 1 saturated heterocycles. The number of carbonyl (C=O) groups is 2. The highest BCUT2D eigenvalue weighted by atomic mass is 32.1. The molecule has 0 atom stereocenters. The number of nitrogens with zero attached hydrogens (tertiary/aromatic N) is 2. The Morgan fingerprint density at radius 2 is 1.72 bits per heavy atom. The smallest absolute Gasteiger partial charge is 0.271 e. The van der Waals surface area contributed by atoms with E-state index in [0.29, 0.717) is 6.07 Å². The van der Waals surface area contributed by atoms with Crippen LogP contribution in [0.1, 0.15) is 39.3 Å². The van der Waals surface area contributed by atoms with Gasteiger partial charge in [-0.25, -0.2) is 13.8 Å². The number of likely N-dealkylation sites (tertiary alicyclic amines) is 1. The van der Waals surface area contributed by atoms with E-state index in [0.717, 1.165) is 55.9 Å². The van der Waals surface area contributed by atoms with Crippen molar-refractivity contribution < 1.29 is 18.4 Å². The molecule has 0 saturated carbocycles. The number of amides is 2. The number of piperidine rings is 1. The third-order valence-electron chi connectivity index (χ3n) is 5.25. The molecule has 2 aromatic carbocycles. The summed E-state index contributed by atoms with van der Waals surface area (Å²) >= 11 is 1.07. The van der Waals surface area contributed by atoms with Gasteiger partial charge in [0.15, 0.2) is 5.13 Å². The Morgan fingerprint density at radius 1 is 1.03 bits per heavy atom. The molecule has 1 aliphatic heterocycles. The first-order valence-electron chi connectivity index (χ1n) is 10.3. The summed E-state index contributed by atoms with van der Waals surface area (Å²) in [7, 11) is 0. The minimum Gasteiger partial charge on any atom is -0.348 e. The van der Waals surface area contributed by atoms with E-state index in [-0.39, 0.29) is 28.3 Å². The van der Waals surface area contributed by atoms with Crippen LogP contribution in [0.5, 0.6) is 0 Å². The molecule has 166 valence electrons. The maximum Gasteiger partial charge on any atom is 0.271 e. The van der Waals surface area contributed by atoms with Crippen LogP contribution in [0, 0.1) is 11.6 Å². The zero-order chi connectivity index (χ0) is 22.5. The van der Waals surface area contributed by atoms with Crippen molar-refractivity contribution in [2.75, 3.05) is 18.4 Å². The zero-order valence-corrected chi connectivity index (χ0v) is 18.0.